The summed E-state index contributed by atoms with van der Waals surface area (Å²) in [4.78, 5) is 17.0. The van der Waals surface area contributed by atoms with E-state index in [1.165, 1.54) is 19.1 Å². The maximum Gasteiger partial charge on any atom is 0.283 e. The first-order chi connectivity index (χ1) is 12.1. The molecule has 5 nitrogen and oxygen atoms in total. The van der Waals surface area contributed by atoms with E-state index in [0.29, 0.717) is 16.9 Å². The Bertz CT molecular complexity index is 889. The van der Waals surface area contributed by atoms with Crippen LogP contribution >= 0.6 is 0 Å². The summed E-state index contributed by atoms with van der Waals surface area (Å²) in [6.07, 6.45) is 3.43. The monoisotopic (exact) mass is 372 g/mol. The van der Waals surface area contributed by atoms with E-state index in [9.17, 15) is 13.2 Å². The van der Waals surface area contributed by atoms with Crippen LogP contribution in [0.3, 0.4) is 0 Å². The van der Waals surface area contributed by atoms with E-state index in [-0.39, 0.29) is 28.4 Å². The van der Waals surface area contributed by atoms with Crippen molar-refractivity contribution in [2.75, 3.05) is 0 Å². The minimum atomic E-state index is -3.81. The Kier molecular flexibility index (Phi) is 6.08. The summed E-state index contributed by atoms with van der Waals surface area (Å²) in [5, 5.41) is 0. The van der Waals surface area contributed by atoms with E-state index in [4.69, 9.17) is 0 Å². The average Bonchev–Trinajstić information content (AvgIpc) is 2.56. The Hall–Kier alpha value is -2.34. The molecule has 0 fully saturated rings. The molecule has 0 aliphatic heterocycles. The third-order valence-corrected chi connectivity index (χ3v) is 5.33. The largest absolute Gasteiger partial charge is 0.289 e. The number of nitrogens with zero attached hydrogens (tertiary/aromatic N) is 2. The summed E-state index contributed by atoms with van der Waals surface area (Å²) < 4.78 is 28.5. The Morgan fingerprint density at radius 1 is 0.923 bits per heavy atom. The van der Waals surface area contributed by atoms with Gasteiger partial charge in [0.2, 0.25) is 0 Å². The second kappa shape index (κ2) is 7.91. The molecule has 0 bridgehead atoms. The Labute approximate surface area is 155 Å². The van der Waals surface area contributed by atoms with Crippen molar-refractivity contribution in [3.8, 4) is 0 Å². The number of carbonyl (C=O) groups is 1. The van der Waals surface area contributed by atoms with Gasteiger partial charge in [0.1, 0.15) is 5.84 Å². The molecule has 0 radical (unpaired) electrons. The molecule has 0 saturated carbocycles. The molecule has 0 unspecified atom stereocenters. The second-order valence-electron chi connectivity index (χ2n) is 6.80. The van der Waals surface area contributed by atoms with E-state index < -0.39 is 10.0 Å². The van der Waals surface area contributed by atoms with Crippen LogP contribution in [0.1, 0.15) is 34.6 Å². The number of hydrogen-bond donors (Lipinski definition) is 0. The lowest BCUT2D eigenvalue weighted by Crippen LogP contribution is -2.21. The highest BCUT2D eigenvalue weighted by Crippen LogP contribution is 2.25. The molecule has 1 aliphatic carbocycles. The van der Waals surface area contributed by atoms with E-state index in [2.05, 4.69) is 9.39 Å². The zero-order valence-electron chi connectivity index (χ0n) is 15.7. The summed E-state index contributed by atoms with van der Waals surface area (Å²) >= 11 is 0. The molecule has 0 spiro atoms. The van der Waals surface area contributed by atoms with Crippen LogP contribution in [0.25, 0.3) is 0 Å². The molecular weight excluding hydrogens is 348 g/mol. The van der Waals surface area contributed by atoms with Gasteiger partial charge in [-0.25, -0.2) is 4.99 Å². The van der Waals surface area contributed by atoms with Gasteiger partial charge in [0, 0.05) is 11.1 Å². The maximum atomic E-state index is 12.5. The van der Waals surface area contributed by atoms with Crippen LogP contribution < -0.4 is 0 Å². The Balaban J connectivity index is 2.45. The first-order valence-electron chi connectivity index (χ1n) is 8.55. The SMILES string of the molecule is CC(N=C1C=C(C(C)C)C(=O)C(C(C)C)=C1)=NS(=O)(=O)c1ccccc1. The molecule has 6 heteroatoms. The summed E-state index contributed by atoms with van der Waals surface area (Å²) in [7, 11) is -3.81. The van der Waals surface area contributed by atoms with Gasteiger partial charge in [-0.05, 0) is 43.0 Å². The molecule has 1 aliphatic rings. The lowest BCUT2D eigenvalue weighted by Gasteiger charge is -2.20. The number of hydrogen-bond acceptors (Lipinski definition) is 3. The lowest BCUT2D eigenvalue weighted by atomic mass is 9.84. The van der Waals surface area contributed by atoms with E-state index in [1.807, 2.05) is 27.7 Å². The third kappa shape index (κ3) is 4.64. The summed E-state index contributed by atoms with van der Waals surface area (Å²) in [5.74, 6) is 0.262. The van der Waals surface area contributed by atoms with Crippen molar-refractivity contribution in [1.82, 2.24) is 0 Å². The Morgan fingerprint density at radius 2 is 1.42 bits per heavy atom. The van der Waals surface area contributed by atoms with Gasteiger partial charge in [0.25, 0.3) is 10.0 Å². The number of allylic oxidation sites excluding steroid dienone is 4. The number of sulfonamides is 1. The van der Waals surface area contributed by atoms with Crippen LogP contribution in [-0.4, -0.2) is 25.7 Å². The quantitative estimate of drug-likeness (QED) is 0.456. The number of rotatable bonds is 4. The average molecular weight is 372 g/mol. The number of aliphatic imine (C=N–C) groups is 1. The normalized spacial score (nSPS) is 16.0. The van der Waals surface area contributed by atoms with Crippen LogP contribution in [0.5, 0.6) is 0 Å². The highest BCUT2D eigenvalue weighted by Gasteiger charge is 2.24. The first kappa shape index (κ1) is 20.0. The van der Waals surface area contributed by atoms with Crippen LogP contribution in [0.4, 0.5) is 0 Å². The molecule has 138 valence electrons. The van der Waals surface area contributed by atoms with Crippen molar-refractivity contribution in [1.29, 1.82) is 0 Å². The minimum absolute atomic E-state index is 0.0282. The molecule has 0 aromatic heterocycles. The molecule has 0 amide bonds. The van der Waals surface area contributed by atoms with Gasteiger partial charge in [-0.15, -0.1) is 4.40 Å². The van der Waals surface area contributed by atoms with Crippen LogP contribution in [0.2, 0.25) is 0 Å². The molecule has 0 heterocycles. The predicted octanol–water partition coefficient (Wildman–Crippen LogP) is 3.98. The number of ketones is 1. The van der Waals surface area contributed by atoms with Crippen molar-refractivity contribution >= 4 is 27.4 Å². The highest BCUT2D eigenvalue weighted by atomic mass is 32.2. The standard InChI is InChI=1S/C20H24N2O3S/c1-13(2)18-11-16(12-19(14(3)4)20(18)23)21-15(5)22-26(24,25)17-9-7-6-8-10-17/h6-14H,1-5H3. The predicted molar refractivity (Wildman–Crippen MR) is 105 cm³/mol. The van der Waals surface area contributed by atoms with Crippen molar-refractivity contribution in [3.63, 3.8) is 0 Å². The zero-order valence-corrected chi connectivity index (χ0v) is 16.5. The highest BCUT2D eigenvalue weighted by molar-refractivity contribution is 7.90. The molecule has 26 heavy (non-hydrogen) atoms. The molecular formula is C20H24N2O3S. The van der Waals surface area contributed by atoms with Crippen molar-refractivity contribution in [2.24, 2.45) is 21.2 Å². The van der Waals surface area contributed by atoms with E-state index in [1.54, 1.807) is 30.4 Å². The van der Waals surface area contributed by atoms with Crippen LogP contribution in [0, 0.1) is 11.8 Å². The topological polar surface area (TPSA) is 75.9 Å². The lowest BCUT2D eigenvalue weighted by molar-refractivity contribution is -0.113. The van der Waals surface area contributed by atoms with E-state index in [0.717, 1.165) is 0 Å². The first-order valence-corrected chi connectivity index (χ1v) is 9.99. The fourth-order valence-electron chi connectivity index (χ4n) is 2.61. The van der Waals surface area contributed by atoms with Gasteiger partial charge in [0.05, 0.1) is 10.6 Å². The van der Waals surface area contributed by atoms with Gasteiger partial charge in [-0.1, -0.05) is 45.9 Å². The van der Waals surface area contributed by atoms with E-state index >= 15 is 0 Å². The van der Waals surface area contributed by atoms with Gasteiger partial charge in [-0.3, -0.25) is 4.79 Å². The Morgan fingerprint density at radius 3 is 1.88 bits per heavy atom. The molecule has 1 aromatic rings. The van der Waals surface area contributed by atoms with Gasteiger partial charge >= 0.3 is 0 Å². The van der Waals surface area contributed by atoms with Crippen molar-refractivity contribution < 1.29 is 13.2 Å². The molecule has 0 saturated heterocycles. The fraction of sp³-hybridized carbons (Fsp3) is 0.350. The van der Waals surface area contributed by atoms with Crippen molar-refractivity contribution in [2.45, 2.75) is 39.5 Å². The molecule has 0 atom stereocenters. The molecule has 0 N–H and O–H groups in total. The molecule has 2 rings (SSSR count). The number of Topliss-reactive ketones (excluding diaryl/α,β-unsaturated/α-hetero) is 1. The smallest absolute Gasteiger partial charge is 0.283 e. The zero-order chi connectivity index (χ0) is 19.5. The fourth-order valence-corrected chi connectivity index (χ4v) is 3.60. The van der Waals surface area contributed by atoms with Crippen LogP contribution in [-0.2, 0) is 14.8 Å². The minimum Gasteiger partial charge on any atom is -0.289 e. The number of benzene rings is 1. The van der Waals surface area contributed by atoms with Crippen LogP contribution in [0.15, 0.2) is 67.9 Å². The number of carbonyl (C=O) groups excluding carboxylic acids is 1. The molecule has 1 aromatic carbocycles. The maximum absolute atomic E-state index is 12.5. The summed E-state index contributed by atoms with van der Waals surface area (Å²) in [5.41, 5.74) is 1.89. The second-order valence-corrected chi connectivity index (χ2v) is 8.41. The van der Waals surface area contributed by atoms with Crippen molar-refractivity contribution in [3.05, 3.63) is 53.6 Å². The number of amidine groups is 1. The third-order valence-electron chi connectivity index (χ3n) is 3.96. The van der Waals surface area contributed by atoms with Gasteiger partial charge < -0.3 is 0 Å². The van der Waals surface area contributed by atoms with Gasteiger partial charge in [-0.2, -0.15) is 8.42 Å². The summed E-state index contributed by atoms with van der Waals surface area (Å²) in [6.45, 7) is 9.34. The summed E-state index contributed by atoms with van der Waals surface area (Å²) in [6, 6.07) is 8.01. The van der Waals surface area contributed by atoms with Gasteiger partial charge in [0.15, 0.2) is 5.78 Å².